The molecule has 0 amide bonds. The molecule has 1 aromatic rings. The zero-order valence-corrected chi connectivity index (χ0v) is 11.8. The maximum atomic E-state index is 5.59. The fourth-order valence-corrected chi connectivity index (χ4v) is 2.37. The van der Waals surface area contributed by atoms with Gasteiger partial charge < -0.3 is 10.5 Å². The van der Waals surface area contributed by atoms with Gasteiger partial charge in [-0.05, 0) is 58.4 Å². The number of hydrogen-bond acceptors (Lipinski definition) is 2. The first-order valence-electron chi connectivity index (χ1n) is 5.63. The molecular weight excluding hydrogens is 266 g/mol. The van der Waals surface area contributed by atoms with Crippen LogP contribution in [0.1, 0.15) is 31.7 Å². The van der Waals surface area contributed by atoms with E-state index in [0.29, 0.717) is 11.8 Å². The Balaban J connectivity index is 2.84. The Bertz CT molecular complexity index is 341. The molecule has 2 unspecified atom stereocenters. The van der Waals surface area contributed by atoms with Crippen LogP contribution in [0, 0.1) is 5.92 Å². The molecule has 3 heteroatoms. The minimum atomic E-state index is 0.519. The molecule has 0 saturated carbocycles. The van der Waals surface area contributed by atoms with Gasteiger partial charge in [0.25, 0.3) is 0 Å². The highest BCUT2D eigenvalue weighted by Gasteiger charge is 2.14. The quantitative estimate of drug-likeness (QED) is 0.898. The summed E-state index contributed by atoms with van der Waals surface area (Å²) in [6.07, 6.45) is 1.06. The van der Waals surface area contributed by atoms with Crippen molar-refractivity contribution in [2.75, 3.05) is 13.7 Å². The molecule has 0 aliphatic heterocycles. The van der Waals surface area contributed by atoms with E-state index in [0.717, 1.165) is 23.2 Å². The van der Waals surface area contributed by atoms with Crippen LogP contribution in [-0.2, 0) is 0 Å². The predicted molar refractivity (Wildman–Crippen MR) is 71.9 cm³/mol. The number of benzene rings is 1. The molecule has 0 saturated heterocycles. The van der Waals surface area contributed by atoms with E-state index < -0.39 is 0 Å². The summed E-state index contributed by atoms with van der Waals surface area (Å²) < 4.78 is 6.23. The summed E-state index contributed by atoms with van der Waals surface area (Å²) in [4.78, 5) is 0. The lowest BCUT2D eigenvalue weighted by Crippen LogP contribution is -2.12. The van der Waals surface area contributed by atoms with Crippen molar-refractivity contribution >= 4 is 15.9 Å². The minimum absolute atomic E-state index is 0.519. The number of hydrogen-bond donors (Lipinski definition) is 1. The van der Waals surface area contributed by atoms with Crippen LogP contribution in [-0.4, -0.2) is 13.7 Å². The van der Waals surface area contributed by atoms with Crippen LogP contribution in [0.2, 0.25) is 0 Å². The van der Waals surface area contributed by atoms with Gasteiger partial charge >= 0.3 is 0 Å². The minimum Gasteiger partial charge on any atom is -0.496 e. The topological polar surface area (TPSA) is 35.2 Å². The molecule has 0 aliphatic carbocycles. The predicted octanol–water partition coefficient (Wildman–Crippen LogP) is 3.55. The second-order valence-corrected chi connectivity index (χ2v) is 5.09. The molecule has 90 valence electrons. The van der Waals surface area contributed by atoms with Crippen molar-refractivity contribution in [2.24, 2.45) is 11.7 Å². The molecular formula is C13H20BrNO. The first-order valence-corrected chi connectivity index (χ1v) is 6.43. The van der Waals surface area contributed by atoms with Gasteiger partial charge in [-0.1, -0.05) is 19.9 Å². The third-order valence-electron chi connectivity index (χ3n) is 3.18. The normalized spacial score (nSPS) is 14.6. The summed E-state index contributed by atoms with van der Waals surface area (Å²) in [7, 11) is 1.68. The number of halogens is 1. The van der Waals surface area contributed by atoms with Crippen LogP contribution in [0.4, 0.5) is 0 Å². The second kappa shape index (κ2) is 6.26. The molecule has 1 aromatic carbocycles. The van der Waals surface area contributed by atoms with Crippen LogP contribution < -0.4 is 10.5 Å². The van der Waals surface area contributed by atoms with E-state index in [1.54, 1.807) is 7.11 Å². The van der Waals surface area contributed by atoms with Gasteiger partial charge in [0.05, 0.1) is 11.6 Å². The number of methoxy groups -OCH3 is 1. The Morgan fingerprint density at radius 3 is 2.56 bits per heavy atom. The fraction of sp³-hybridized carbons (Fsp3) is 0.538. The smallest absolute Gasteiger partial charge is 0.133 e. The summed E-state index contributed by atoms with van der Waals surface area (Å²) >= 11 is 3.51. The molecule has 16 heavy (non-hydrogen) atoms. The molecule has 2 atom stereocenters. The Hall–Kier alpha value is -0.540. The summed E-state index contributed by atoms with van der Waals surface area (Å²) in [5.41, 5.74) is 6.92. The summed E-state index contributed by atoms with van der Waals surface area (Å²) in [5, 5.41) is 0. The lowest BCUT2D eigenvalue weighted by atomic mass is 9.87. The van der Waals surface area contributed by atoms with Crippen LogP contribution in [0.5, 0.6) is 5.75 Å². The van der Waals surface area contributed by atoms with Gasteiger partial charge in [0.15, 0.2) is 0 Å². The van der Waals surface area contributed by atoms with Gasteiger partial charge in [-0.25, -0.2) is 0 Å². The van der Waals surface area contributed by atoms with Crippen molar-refractivity contribution in [3.63, 3.8) is 0 Å². The molecule has 0 bridgehead atoms. The Morgan fingerprint density at radius 2 is 2.06 bits per heavy atom. The Morgan fingerprint density at radius 1 is 1.38 bits per heavy atom. The van der Waals surface area contributed by atoms with E-state index in [1.165, 1.54) is 5.56 Å². The number of nitrogens with two attached hydrogens (primary N) is 1. The summed E-state index contributed by atoms with van der Waals surface area (Å²) in [5.74, 6) is 2.00. The van der Waals surface area contributed by atoms with Crippen LogP contribution in [0.3, 0.4) is 0 Å². The van der Waals surface area contributed by atoms with Gasteiger partial charge in [0, 0.05) is 0 Å². The van der Waals surface area contributed by atoms with E-state index in [2.05, 4.69) is 41.9 Å². The SMILES string of the molecule is COc1ccc(C(C)C(C)CCN)cc1Br. The van der Waals surface area contributed by atoms with E-state index in [9.17, 15) is 0 Å². The van der Waals surface area contributed by atoms with Gasteiger partial charge in [0.2, 0.25) is 0 Å². The average Bonchev–Trinajstić information content (AvgIpc) is 2.28. The van der Waals surface area contributed by atoms with Crippen LogP contribution in [0.25, 0.3) is 0 Å². The third kappa shape index (κ3) is 3.22. The standard InChI is InChI=1S/C13H20BrNO/c1-9(6-7-15)10(2)11-4-5-13(16-3)12(14)8-11/h4-5,8-10H,6-7,15H2,1-3H3. The zero-order valence-electron chi connectivity index (χ0n) is 10.2. The first kappa shape index (κ1) is 13.5. The maximum Gasteiger partial charge on any atom is 0.133 e. The molecule has 0 heterocycles. The lowest BCUT2D eigenvalue weighted by molar-refractivity contribution is 0.411. The summed E-state index contributed by atoms with van der Waals surface area (Å²) in [6, 6.07) is 6.27. The van der Waals surface area contributed by atoms with E-state index in [1.807, 2.05) is 6.07 Å². The fourth-order valence-electron chi connectivity index (χ4n) is 1.81. The number of ether oxygens (including phenoxy) is 1. The van der Waals surface area contributed by atoms with Gasteiger partial charge in [-0.15, -0.1) is 0 Å². The molecule has 0 fully saturated rings. The van der Waals surface area contributed by atoms with E-state index >= 15 is 0 Å². The van der Waals surface area contributed by atoms with Crippen molar-refractivity contribution in [1.82, 2.24) is 0 Å². The van der Waals surface area contributed by atoms with Crippen molar-refractivity contribution in [3.05, 3.63) is 28.2 Å². The summed E-state index contributed by atoms with van der Waals surface area (Å²) in [6.45, 7) is 5.24. The third-order valence-corrected chi connectivity index (χ3v) is 3.80. The van der Waals surface area contributed by atoms with Crippen LogP contribution >= 0.6 is 15.9 Å². The molecule has 0 radical (unpaired) electrons. The van der Waals surface area contributed by atoms with E-state index in [-0.39, 0.29) is 0 Å². The molecule has 1 rings (SSSR count). The Kier molecular flexibility index (Phi) is 5.29. The number of rotatable bonds is 5. The Labute approximate surface area is 106 Å². The van der Waals surface area contributed by atoms with Crippen molar-refractivity contribution < 1.29 is 4.74 Å². The highest BCUT2D eigenvalue weighted by atomic mass is 79.9. The molecule has 2 N–H and O–H groups in total. The molecule has 2 nitrogen and oxygen atoms in total. The largest absolute Gasteiger partial charge is 0.496 e. The monoisotopic (exact) mass is 285 g/mol. The van der Waals surface area contributed by atoms with Gasteiger partial charge in [-0.3, -0.25) is 0 Å². The first-order chi connectivity index (χ1) is 7.60. The molecule has 0 spiro atoms. The van der Waals surface area contributed by atoms with Gasteiger partial charge in [0.1, 0.15) is 5.75 Å². The zero-order chi connectivity index (χ0) is 12.1. The van der Waals surface area contributed by atoms with Crippen molar-refractivity contribution in [1.29, 1.82) is 0 Å². The van der Waals surface area contributed by atoms with Gasteiger partial charge in [-0.2, -0.15) is 0 Å². The molecule has 0 aromatic heterocycles. The second-order valence-electron chi connectivity index (χ2n) is 4.24. The lowest BCUT2D eigenvalue weighted by Gasteiger charge is -2.20. The van der Waals surface area contributed by atoms with Crippen molar-refractivity contribution in [2.45, 2.75) is 26.2 Å². The maximum absolute atomic E-state index is 5.59. The van der Waals surface area contributed by atoms with E-state index in [4.69, 9.17) is 10.5 Å². The van der Waals surface area contributed by atoms with Crippen molar-refractivity contribution in [3.8, 4) is 5.75 Å². The average molecular weight is 286 g/mol. The van der Waals surface area contributed by atoms with Crippen LogP contribution in [0.15, 0.2) is 22.7 Å². The highest BCUT2D eigenvalue weighted by molar-refractivity contribution is 9.10. The molecule has 0 aliphatic rings. The highest BCUT2D eigenvalue weighted by Crippen LogP contribution is 2.32.